The molecule has 1 amide bonds. The molecule has 39 heavy (non-hydrogen) atoms. The van der Waals surface area contributed by atoms with Crippen molar-refractivity contribution in [3.8, 4) is 16.9 Å². The van der Waals surface area contributed by atoms with E-state index in [1.54, 1.807) is 43.3 Å². The van der Waals surface area contributed by atoms with Gasteiger partial charge in [-0.05, 0) is 72.2 Å². The number of benzene rings is 2. The Kier molecular flexibility index (Phi) is 7.22. The van der Waals surface area contributed by atoms with E-state index in [4.69, 9.17) is 4.74 Å². The van der Waals surface area contributed by atoms with Gasteiger partial charge in [0.15, 0.2) is 5.82 Å². The fourth-order valence-corrected chi connectivity index (χ4v) is 4.40. The van der Waals surface area contributed by atoms with Gasteiger partial charge in [0.25, 0.3) is 5.91 Å². The Bertz CT molecular complexity index is 1500. The molecular formula is C29H26F4N4O2. The smallest absolute Gasteiger partial charge is 0.409 e. The number of rotatable bonds is 8. The first-order valence-corrected chi connectivity index (χ1v) is 12.4. The average Bonchev–Trinajstić information content (AvgIpc) is 3.77. The minimum Gasteiger partial charge on any atom is -0.497 e. The molecule has 1 aliphatic carbocycles. The highest BCUT2D eigenvalue weighted by atomic mass is 19.4. The zero-order valence-corrected chi connectivity index (χ0v) is 21.3. The molecule has 0 saturated heterocycles. The number of amides is 1. The number of fused-ring (bicyclic) bond motifs is 1. The lowest BCUT2D eigenvalue weighted by atomic mass is 9.98. The number of hydrogen-bond acceptors (Lipinski definition) is 5. The number of nitrogens with zero attached hydrogens (tertiary/aromatic N) is 3. The number of aryl methyl sites for hydroxylation is 1. The van der Waals surface area contributed by atoms with E-state index >= 15 is 0 Å². The molecule has 2 aromatic carbocycles. The predicted octanol–water partition coefficient (Wildman–Crippen LogP) is 6.63. The number of hydrogen-bond donors (Lipinski definition) is 1. The van der Waals surface area contributed by atoms with Crippen LogP contribution in [-0.2, 0) is 11.3 Å². The van der Waals surface area contributed by atoms with Crippen LogP contribution < -0.4 is 15.2 Å². The van der Waals surface area contributed by atoms with E-state index in [1.807, 2.05) is 6.07 Å². The van der Waals surface area contributed by atoms with Crippen molar-refractivity contribution in [2.45, 2.75) is 38.5 Å². The number of halogens is 4. The Labute approximate surface area is 222 Å². The van der Waals surface area contributed by atoms with Gasteiger partial charge in [-0.2, -0.15) is 13.2 Å². The van der Waals surface area contributed by atoms with Crippen LogP contribution in [0, 0.1) is 12.8 Å². The molecule has 1 N–H and O–H groups in total. The van der Waals surface area contributed by atoms with Crippen molar-refractivity contribution in [1.82, 2.24) is 15.3 Å². The highest BCUT2D eigenvalue weighted by Gasteiger charge is 2.41. The third-order valence-corrected chi connectivity index (χ3v) is 6.76. The van der Waals surface area contributed by atoms with Gasteiger partial charge >= 0.3 is 6.18 Å². The van der Waals surface area contributed by atoms with Gasteiger partial charge in [0, 0.05) is 35.8 Å². The minimum absolute atomic E-state index is 0.00112. The Balaban J connectivity index is 1.36. The highest BCUT2D eigenvalue weighted by molar-refractivity contribution is 5.96. The highest BCUT2D eigenvalue weighted by Crippen LogP contribution is 2.36. The van der Waals surface area contributed by atoms with Crippen molar-refractivity contribution in [2.75, 3.05) is 12.2 Å². The number of methoxy groups -OCH3 is 1. The van der Waals surface area contributed by atoms with Gasteiger partial charge in [0.2, 0.25) is 0 Å². The summed E-state index contributed by atoms with van der Waals surface area (Å²) in [5.74, 6) is -0.314. The lowest BCUT2D eigenvalue weighted by Gasteiger charge is -2.22. The summed E-state index contributed by atoms with van der Waals surface area (Å²) in [4.78, 5) is 20.3. The maximum Gasteiger partial charge on any atom is 0.409 e. The molecule has 202 valence electrons. The second-order valence-electron chi connectivity index (χ2n) is 9.63. The van der Waals surface area contributed by atoms with E-state index in [0.29, 0.717) is 46.1 Å². The van der Waals surface area contributed by atoms with Crippen LogP contribution in [0.4, 0.5) is 23.5 Å². The molecule has 1 aliphatic rings. The van der Waals surface area contributed by atoms with E-state index in [2.05, 4.69) is 15.3 Å². The van der Waals surface area contributed by atoms with E-state index in [0.717, 1.165) is 5.56 Å². The van der Waals surface area contributed by atoms with Gasteiger partial charge in [-0.1, -0.05) is 28.7 Å². The van der Waals surface area contributed by atoms with Gasteiger partial charge in [0.1, 0.15) is 11.8 Å². The third kappa shape index (κ3) is 5.85. The van der Waals surface area contributed by atoms with Crippen LogP contribution in [0.3, 0.4) is 0 Å². The first-order valence-electron chi connectivity index (χ1n) is 12.4. The van der Waals surface area contributed by atoms with Gasteiger partial charge in [-0.15, -0.1) is 5.12 Å². The normalized spacial score (nSPS) is 14.3. The second kappa shape index (κ2) is 10.6. The summed E-state index contributed by atoms with van der Waals surface area (Å²) in [5.41, 5.74) is 2.56. The number of carbonyl (C=O) groups is 1. The number of carbonyl (C=O) groups excluding carboxylic acids is 1. The number of aromatic nitrogens is 2. The molecule has 0 aliphatic heterocycles. The number of pyridine rings is 2. The summed E-state index contributed by atoms with van der Waals surface area (Å²) in [6.45, 7) is 1.73. The fourth-order valence-electron chi connectivity index (χ4n) is 4.40. The Hall–Kier alpha value is -4.05. The van der Waals surface area contributed by atoms with Crippen LogP contribution in [0.5, 0.6) is 5.75 Å². The lowest BCUT2D eigenvalue weighted by molar-refractivity contribution is -0.159. The molecule has 1 unspecified atom stereocenters. The average molecular weight is 539 g/mol. The molecular weight excluding hydrogens is 512 g/mol. The largest absolute Gasteiger partial charge is 0.497 e. The number of anilines is 1. The molecule has 2 heterocycles. The van der Waals surface area contributed by atoms with Crippen molar-refractivity contribution in [2.24, 2.45) is 5.92 Å². The fraction of sp³-hybridized carbons (Fsp3) is 0.276. The molecule has 0 spiro atoms. The zero-order valence-electron chi connectivity index (χ0n) is 21.3. The van der Waals surface area contributed by atoms with E-state index in [-0.39, 0.29) is 29.1 Å². The molecule has 0 radical (unpaired) electrons. The Morgan fingerprint density at radius 1 is 1.05 bits per heavy atom. The summed E-state index contributed by atoms with van der Waals surface area (Å²) < 4.78 is 61.4. The topological polar surface area (TPSA) is 67.3 Å². The summed E-state index contributed by atoms with van der Waals surface area (Å²) in [7, 11) is 1.52. The van der Waals surface area contributed by atoms with Crippen molar-refractivity contribution in [3.05, 3.63) is 83.8 Å². The molecule has 1 fully saturated rings. The number of nitrogens with one attached hydrogen (secondary N) is 1. The molecule has 2 aromatic heterocycles. The number of alkyl halides is 3. The SMILES string of the molecule is COc1ccc(CNC(c2cc(C)c(-c3ccc4cc(N(F)C(=O)C5CC5)ncc4c3)cn2)C(F)(F)F)cc1. The quantitative estimate of drug-likeness (QED) is 0.201. The van der Waals surface area contributed by atoms with E-state index in [1.165, 1.54) is 31.6 Å². The third-order valence-electron chi connectivity index (χ3n) is 6.76. The van der Waals surface area contributed by atoms with Crippen LogP contribution in [0.25, 0.3) is 21.9 Å². The van der Waals surface area contributed by atoms with E-state index in [9.17, 15) is 22.4 Å². The zero-order chi connectivity index (χ0) is 27.7. The molecule has 1 saturated carbocycles. The minimum atomic E-state index is -4.55. The van der Waals surface area contributed by atoms with Crippen molar-refractivity contribution < 1.29 is 27.2 Å². The van der Waals surface area contributed by atoms with Gasteiger partial charge in [-0.3, -0.25) is 15.1 Å². The molecule has 0 bridgehead atoms. The predicted molar refractivity (Wildman–Crippen MR) is 140 cm³/mol. The second-order valence-corrected chi connectivity index (χ2v) is 9.63. The Morgan fingerprint density at radius 2 is 1.79 bits per heavy atom. The van der Waals surface area contributed by atoms with Crippen LogP contribution >= 0.6 is 0 Å². The molecule has 4 aromatic rings. The molecule has 10 heteroatoms. The van der Waals surface area contributed by atoms with Crippen molar-refractivity contribution in [3.63, 3.8) is 0 Å². The van der Waals surface area contributed by atoms with Gasteiger partial charge in [0.05, 0.1) is 12.8 Å². The Morgan fingerprint density at radius 3 is 2.44 bits per heavy atom. The number of ether oxygens (including phenoxy) is 1. The molecule has 1 atom stereocenters. The first-order chi connectivity index (χ1) is 18.6. The monoisotopic (exact) mass is 538 g/mol. The summed E-state index contributed by atoms with van der Waals surface area (Å²) in [6.07, 6.45) is -0.277. The maximum atomic E-state index is 14.4. The lowest BCUT2D eigenvalue weighted by Crippen LogP contribution is -2.34. The maximum absolute atomic E-state index is 14.4. The van der Waals surface area contributed by atoms with Gasteiger partial charge < -0.3 is 4.74 Å². The molecule has 5 rings (SSSR count). The summed E-state index contributed by atoms with van der Waals surface area (Å²) >= 11 is 0. The van der Waals surface area contributed by atoms with Crippen LogP contribution in [0.1, 0.15) is 35.7 Å². The first kappa shape index (κ1) is 26.6. The van der Waals surface area contributed by atoms with E-state index < -0.39 is 18.1 Å². The summed E-state index contributed by atoms with van der Waals surface area (Å²) in [6, 6.07) is 13.1. The van der Waals surface area contributed by atoms with Crippen LogP contribution in [0.2, 0.25) is 0 Å². The van der Waals surface area contributed by atoms with Crippen molar-refractivity contribution in [1.29, 1.82) is 0 Å². The van der Waals surface area contributed by atoms with Crippen LogP contribution in [-0.4, -0.2) is 29.2 Å². The van der Waals surface area contributed by atoms with Crippen LogP contribution in [0.15, 0.2) is 67.0 Å². The standard InChI is InChI=1S/C29H26F4N4O2/c1-17-11-25(27(29(30,31)32)36-14-18-3-9-23(39-2)10-4-18)34-16-24(17)21-8-7-20-13-26(35-15-22(20)12-21)37(33)28(38)19-5-6-19/h3-4,7-13,15-16,19,27,36H,5-6,14H2,1-2H3. The van der Waals surface area contributed by atoms with Crippen molar-refractivity contribution >= 4 is 22.5 Å². The molecule has 6 nitrogen and oxygen atoms in total. The van der Waals surface area contributed by atoms with Gasteiger partial charge in [-0.25, -0.2) is 4.98 Å². The summed E-state index contributed by atoms with van der Waals surface area (Å²) in [5, 5.41) is 4.05.